The largest absolute Gasteiger partial charge is 0.480 e. The summed E-state index contributed by atoms with van der Waals surface area (Å²) in [7, 11) is 0. The van der Waals surface area contributed by atoms with Crippen LogP contribution in [-0.4, -0.2) is 58.9 Å². The van der Waals surface area contributed by atoms with Crippen LogP contribution in [0.4, 0.5) is 4.79 Å². The number of hydrogen-bond donors (Lipinski definition) is 4. The number of hydrogen-bond acceptors (Lipinski definition) is 4. The van der Waals surface area contributed by atoms with E-state index >= 15 is 0 Å². The lowest BCUT2D eigenvalue weighted by molar-refractivity contribution is -0.139. The van der Waals surface area contributed by atoms with Gasteiger partial charge in [-0.05, 0) is 37.8 Å². The van der Waals surface area contributed by atoms with Crippen LogP contribution in [0.15, 0.2) is 30.3 Å². The molecule has 1 aromatic rings. The third-order valence-corrected chi connectivity index (χ3v) is 5.09. The Balaban J connectivity index is 0.000000195. The highest BCUT2D eigenvalue weighted by Gasteiger charge is 2.37. The van der Waals surface area contributed by atoms with Crippen molar-refractivity contribution in [1.82, 2.24) is 15.5 Å². The fourth-order valence-corrected chi connectivity index (χ4v) is 3.51. The zero-order valence-electron chi connectivity index (χ0n) is 15.4. The minimum absolute atomic E-state index is 0.0623. The second kappa shape index (κ2) is 9.54. The number of carbonyl (C=O) groups is 2. The lowest BCUT2D eigenvalue weighted by Crippen LogP contribution is -2.37. The van der Waals surface area contributed by atoms with Crippen LogP contribution in [0.3, 0.4) is 0 Å². The molecule has 0 saturated carbocycles. The quantitative estimate of drug-likeness (QED) is 0.639. The van der Waals surface area contributed by atoms with E-state index in [1.165, 1.54) is 4.90 Å². The first-order valence-electron chi connectivity index (χ1n) is 9.17. The van der Waals surface area contributed by atoms with Crippen molar-refractivity contribution in [2.75, 3.05) is 19.6 Å². The molecule has 144 valence electrons. The van der Waals surface area contributed by atoms with E-state index in [0.29, 0.717) is 24.9 Å². The second-order valence-corrected chi connectivity index (χ2v) is 6.90. The summed E-state index contributed by atoms with van der Waals surface area (Å²) in [4.78, 5) is 22.9. The molecule has 0 aliphatic carbocycles. The fourth-order valence-electron chi connectivity index (χ4n) is 3.51. The van der Waals surface area contributed by atoms with E-state index in [1.807, 2.05) is 44.2 Å². The Morgan fingerprint density at radius 1 is 1.27 bits per heavy atom. The molecule has 4 atom stereocenters. The predicted molar refractivity (Wildman–Crippen MR) is 99.2 cm³/mol. The van der Waals surface area contributed by atoms with Crippen LogP contribution >= 0.6 is 0 Å². The van der Waals surface area contributed by atoms with Crippen LogP contribution in [0.5, 0.6) is 0 Å². The Morgan fingerprint density at radius 3 is 2.50 bits per heavy atom. The van der Waals surface area contributed by atoms with E-state index in [-0.39, 0.29) is 6.04 Å². The van der Waals surface area contributed by atoms with Gasteiger partial charge in [-0.3, -0.25) is 10.1 Å². The SMILES string of the molecule is CCC(N[C@H](C)c1ccccc1)C(=O)O.O=C(O)N1CC2CCNC2C1. The van der Waals surface area contributed by atoms with Crippen molar-refractivity contribution < 1.29 is 19.8 Å². The van der Waals surface area contributed by atoms with Crippen molar-refractivity contribution in [1.29, 1.82) is 0 Å². The Hall–Kier alpha value is -2.12. The van der Waals surface area contributed by atoms with Gasteiger partial charge in [0.15, 0.2) is 0 Å². The molecular weight excluding hydrogens is 334 g/mol. The van der Waals surface area contributed by atoms with Gasteiger partial charge in [0.05, 0.1) is 0 Å². The summed E-state index contributed by atoms with van der Waals surface area (Å²) in [5.41, 5.74) is 1.11. The summed E-state index contributed by atoms with van der Waals surface area (Å²) in [6, 6.07) is 9.87. The van der Waals surface area contributed by atoms with Gasteiger partial charge in [0.2, 0.25) is 0 Å². The molecule has 3 unspecified atom stereocenters. The number of nitrogens with zero attached hydrogens (tertiary/aromatic N) is 1. The molecular formula is C19H29N3O4. The fraction of sp³-hybridized carbons (Fsp3) is 0.579. The van der Waals surface area contributed by atoms with Crippen LogP contribution < -0.4 is 10.6 Å². The van der Waals surface area contributed by atoms with Crippen LogP contribution in [0, 0.1) is 5.92 Å². The van der Waals surface area contributed by atoms with Crippen molar-refractivity contribution in [3.05, 3.63) is 35.9 Å². The van der Waals surface area contributed by atoms with Gasteiger partial charge in [0.1, 0.15) is 6.04 Å². The molecule has 26 heavy (non-hydrogen) atoms. The van der Waals surface area contributed by atoms with Gasteiger partial charge >= 0.3 is 12.1 Å². The van der Waals surface area contributed by atoms with Crippen LogP contribution in [0.1, 0.15) is 38.3 Å². The van der Waals surface area contributed by atoms with E-state index in [2.05, 4.69) is 10.6 Å². The van der Waals surface area contributed by atoms with Crippen molar-refractivity contribution >= 4 is 12.1 Å². The first-order valence-corrected chi connectivity index (χ1v) is 9.17. The zero-order chi connectivity index (χ0) is 19.1. The Bertz CT molecular complexity index is 584. The first-order chi connectivity index (χ1) is 12.4. The van der Waals surface area contributed by atoms with Gasteiger partial charge in [-0.25, -0.2) is 4.79 Å². The van der Waals surface area contributed by atoms with Gasteiger partial charge in [0.25, 0.3) is 0 Å². The summed E-state index contributed by atoms with van der Waals surface area (Å²) in [5.74, 6) is -0.216. The summed E-state index contributed by atoms with van der Waals surface area (Å²) in [6.07, 6.45) is 0.947. The molecule has 7 heteroatoms. The number of carboxylic acids is 1. The molecule has 0 aromatic heterocycles. The van der Waals surface area contributed by atoms with Crippen molar-refractivity contribution in [3.63, 3.8) is 0 Å². The van der Waals surface area contributed by atoms with Gasteiger partial charge in [-0.15, -0.1) is 0 Å². The highest BCUT2D eigenvalue weighted by molar-refractivity contribution is 5.73. The number of aliphatic carboxylic acids is 1. The van der Waals surface area contributed by atoms with Crippen LogP contribution in [0.2, 0.25) is 0 Å². The molecule has 4 N–H and O–H groups in total. The average molecular weight is 363 g/mol. The molecule has 2 saturated heterocycles. The van der Waals surface area contributed by atoms with Crippen molar-refractivity contribution in [2.45, 2.75) is 44.8 Å². The zero-order valence-corrected chi connectivity index (χ0v) is 15.4. The topological polar surface area (TPSA) is 102 Å². The summed E-state index contributed by atoms with van der Waals surface area (Å²) in [5, 5.41) is 24.0. The normalized spacial score (nSPS) is 23.5. The molecule has 2 aliphatic rings. The standard InChI is InChI=1S/C12H17NO2.C7H12N2O2/c1-3-11(12(14)15)13-9(2)10-7-5-4-6-8-10;10-7(11)9-3-5-1-2-8-6(5)4-9/h4-9,11,13H,3H2,1-2H3,(H,14,15);5-6,8H,1-4H2,(H,10,11)/t9-,11?;/m1./s1. The lowest BCUT2D eigenvalue weighted by atomic mass is 10.1. The van der Waals surface area contributed by atoms with Crippen molar-refractivity contribution in [3.8, 4) is 0 Å². The number of carboxylic acid groups (broad SMARTS) is 2. The third kappa shape index (κ3) is 5.44. The first kappa shape index (κ1) is 20.2. The minimum atomic E-state index is -0.791. The lowest BCUT2D eigenvalue weighted by Gasteiger charge is -2.19. The van der Waals surface area contributed by atoms with E-state index in [0.717, 1.165) is 25.1 Å². The third-order valence-electron chi connectivity index (χ3n) is 5.09. The summed E-state index contributed by atoms with van der Waals surface area (Å²) >= 11 is 0. The van der Waals surface area contributed by atoms with E-state index < -0.39 is 18.1 Å². The Morgan fingerprint density at radius 2 is 1.96 bits per heavy atom. The molecule has 0 bridgehead atoms. The molecule has 1 aromatic carbocycles. The second-order valence-electron chi connectivity index (χ2n) is 6.90. The Kier molecular flexibility index (Phi) is 7.41. The van der Waals surface area contributed by atoms with Crippen LogP contribution in [0.25, 0.3) is 0 Å². The number of likely N-dealkylation sites (tertiary alicyclic amines) is 1. The molecule has 0 radical (unpaired) electrons. The molecule has 7 nitrogen and oxygen atoms in total. The summed E-state index contributed by atoms with van der Waals surface area (Å²) in [6.45, 7) is 6.31. The number of nitrogens with one attached hydrogen (secondary N) is 2. The monoisotopic (exact) mass is 363 g/mol. The number of fused-ring (bicyclic) bond motifs is 1. The summed E-state index contributed by atoms with van der Waals surface area (Å²) < 4.78 is 0. The van der Waals surface area contributed by atoms with E-state index in [9.17, 15) is 9.59 Å². The highest BCUT2D eigenvalue weighted by Crippen LogP contribution is 2.24. The number of rotatable bonds is 5. The molecule has 2 fully saturated rings. The maximum absolute atomic E-state index is 10.8. The molecule has 3 rings (SSSR count). The molecule has 0 spiro atoms. The van der Waals surface area contributed by atoms with Gasteiger partial charge in [0, 0.05) is 25.2 Å². The maximum atomic E-state index is 10.8. The van der Waals surface area contributed by atoms with Crippen molar-refractivity contribution in [2.24, 2.45) is 5.92 Å². The maximum Gasteiger partial charge on any atom is 0.407 e. The van der Waals surface area contributed by atoms with Gasteiger partial charge < -0.3 is 20.4 Å². The predicted octanol–water partition coefficient (Wildman–Crippen LogP) is 2.16. The minimum Gasteiger partial charge on any atom is -0.480 e. The van der Waals surface area contributed by atoms with Gasteiger partial charge in [-0.1, -0.05) is 37.3 Å². The molecule has 2 aliphatic heterocycles. The van der Waals surface area contributed by atoms with Gasteiger partial charge in [-0.2, -0.15) is 0 Å². The Labute approximate surface area is 154 Å². The average Bonchev–Trinajstić information content (AvgIpc) is 3.22. The molecule has 2 heterocycles. The number of benzene rings is 1. The van der Waals surface area contributed by atoms with Crippen LogP contribution in [-0.2, 0) is 4.79 Å². The smallest absolute Gasteiger partial charge is 0.407 e. The molecule has 1 amide bonds. The number of amides is 1. The van der Waals surface area contributed by atoms with E-state index in [1.54, 1.807) is 0 Å². The van der Waals surface area contributed by atoms with E-state index in [4.69, 9.17) is 10.2 Å². The highest BCUT2D eigenvalue weighted by atomic mass is 16.4.